The molecule has 0 unspecified atom stereocenters. The van der Waals surface area contributed by atoms with E-state index in [2.05, 4.69) is 9.97 Å². The van der Waals surface area contributed by atoms with Crippen molar-refractivity contribution in [1.82, 2.24) is 9.97 Å². The van der Waals surface area contributed by atoms with E-state index < -0.39 is 5.97 Å². The van der Waals surface area contributed by atoms with Gasteiger partial charge in [-0.3, -0.25) is 4.79 Å². The number of thiazole rings is 2. The standard InChI is InChI=1S/C21H16N2O3S2/c24-20(25)10-15(21-23-18-3-1-2-4-19(18)28-21)9-14-5-7-17(8-6-14)26-11-16-12-27-13-22-16/h1-9,12-13H,10-11H2,(H,24,25). The number of hydrogen-bond acceptors (Lipinski definition) is 6. The Morgan fingerprint density at radius 3 is 2.68 bits per heavy atom. The number of ether oxygens (including phenoxy) is 1. The molecule has 1 N–H and O–H groups in total. The number of carbonyl (C=O) groups is 1. The molecule has 0 aliphatic carbocycles. The summed E-state index contributed by atoms with van der Waals surface area (Å²) in [5, 5.41) is 12.0. The number of hydrogen-bond donors (Lipinski definition) is 1. The molecule has 0 spiro atoms. The zero-order chi connectivity index (χ0) is 19.3. The molecule has 2 aromatic heterocycles. The zero-order valence-electron chi connectivity index (χ0n) is 14.7. The number of benzene rings is 2. The van der Waals surface area contributed by atoms with Crippen LogP contribution in [-0.2, 0) is 11.4 Å². The molecule has 7 heteroatoms. The van der Waals surface area contributed by atoms with Crippen molar-refractivity contribution in [3.8, 4) is 5.75 Å². The first kappa shape index (κ1) is 18.3. The first-order chi connectivity index (χ1) is 13.7. The van der Waals surface area contributed by atoms with E-state index in [0.717, 1.165) is 32.2 Å². The number of nitrogens with zero attached hydrogens (tertiary/aromatic N) is 2. The van der Waals surface area contributed by atoms with E-state index in [1.54, 1.807) is 5.51 Å². The van der Waals surface area contributed by atoms with Crippen molar-refractivity contribution in [2.45, 2.75) is 13.0 Å². The maximum absolute atomic E-state index is 11.4. The summed E-state index contributed by atoms with van der Waals surface area (Å²) in [6.45, 7) is 0.425. The SMILES string of the molecule is O=C(O)CC(=Cc1ccc(OCc2cscn2)cc1)c1nc2ccccc2s1. The minimum absolute atomic E-state index is 0.0814. The van der Waals surface area contributed by atoms with Gasteiger partial charge in [0.15, 0.2) is 0 Å². The van der Waals surface area contributed by atoms with Gasteiger partial charge in [-0.15, -0.1) is 22.7 Å². The van der Waals surface area contributed by atoms with Crippen LogP contribution in [0.25, 0.3) is 21.9 Å². The van der Waals surface area contributed by atoms with Crippen LogP contribution in [0.3, 0.4) is 0 Å². The average molecular weight is 409 g/mol. The van der Waals surface area contributed by atoms with Gasteiger partial charge in [-0.2, -0.15) is 0 Å². The minimum atomic E-state index is -0.881. The normalized spacial score (nSPS) is 11.6. The van der Waals surface area contributed by atoms with Gasteiger partial charge < -0.3 is 9.84 Å². The van der Waals surface area contributed by atoms with Crippen molar-refractivity contribution < 1.29 is 14.6 Å². The quantitative estimate of drug-likeness (QED) is 0.446. The number of rotatable bonds is 7. The zero-order valence-corrected chi connectivity index (χ0v) is 16.4. The summed E-state index contributed by atoms with van der Waals surface area (Å²) in [5.74, 6) is -0.140. The Morgan fingerprint density at radius 1 is 1.14 bits per heavy atom. The summed E-state index contributed by atoms with van der Waals surface area (Å²) in [6.07, 6.45) is 1.79. The van der Waals surface area contributed by atoms with Crippen molar-refractivity contribution in [3.05, 3.63) is 75.7 Å². The highest BCUT2D eigenvalue weighted by molar-refractivity contribution is 7.19. The molecule has 0 amide bonds. The fraction of sp³-hybridized carbons (Fsp3) is 0.0952. The molecular weight excluding hydrogens is 392 g/mol. The van der Waals surface area contributed by atoms with Crippen LogP contribution in [0.5, 0.6) is 5.75 Å². The first-order valence-corrected chi connectivity index (χ1v) is 10.3. The highest BCUT2D eigenvalue weighted by Crippen LogP contribution is 2.30. The van der Waals surface area contributed by atoms with E-state index in [1.165, 1.54) is 22.7 Å². The van der Waals surface area contributed by atoms with Crippen LogP contribution in [-0.4, -0.2) is 21.0 Å². The van der Waals surface area contributed by atoms with Crippen LogP contribution in [0.2, 0.25) is 0 Å². The Morgan fingerprint density at radius 2 is 1.96 bits per heavy atom. The van der Waals surface area contributed by atoms with Crippen LogP contribution < -0.4 is 4.74 Å². The second kappa shape index (κ2) is 8.33. The fourth-order valence-electron chi connectivity index (χ4n) is 2.69. The third kappa shape index (κ3) is 4.44. The van der Waals surface area contributed by atoms with Crippen LogP contribution in [0.4, 0.5) is 0 Å². The Labute approximate surface area is 169 Å². The molecule has 5 nitrogen and oxygen atoms in total. The maximum atomic E-state index is 11.4. The van der Waals surface area contributed by atoms with E-state index >= 15 is 0 Å². The lowest BCUT2D eigenvalue weighted by molar-refractivity contribution is -0.135. The van der Waals surface area contributed by atoms with Gasteiger partial charge in [-0.1, -0.05) is 24.3 Å². The number of aromatic nitrogens is 2. The van der Waals surface area contributed by atoms with Crippen LogP contribution >= 0.6 is 22.7 Å². The molecule has 2 aromatic carbocycles. The third-order valence-electron chi connectivity index (χ3n) is 4.00. The number of fused-ring (bicyclic) bond motifs is 1. The van der Waals surface area contributed by atoms with Gasteiger partial charge in [0.05, 0.1) is 27.8 Å². The van der Waals surface area contributed by atoms with Gasteiger partial charge in [0.1, 0.15) is 17.4 Å². The van der Waals surface area contributed by atoms with Gasteiger partial charge >= 0.3 is 5.97 Å². The van der Waals surface area contributed by atoms with Crippen LogP contribution in [0.1, 0.15) is 22.7 Å². The number of para-hydroxylation sites is 1. The summed E-state index contributed by atoms with van der Waals surface area (Å²) in [4.78, 5) is 20.1. The highest BCUT2D eigenvalue weighted by atomic mass is 32.1. The van der Waals surface area contributed by atoms with E-state index in [9.17, 15) is 9.90 Å². The monoisotopic (exact) mass is 408 g/mol. The van der Waals surface area contributed by atoms with Crippen molar-refractivity contribution >= 4 is 50.5 Å². The summed E-state index contributed by atoms with van der Waals surface area (Å²) >= 11 is 3.04. The third-order valence-corrected chi connectivity index (χ3v) is 5.75. The Hall–Kier alpha value is -3.03. The molecule has 4 rings (SSSR count). The number of carboxylic acid groups (broad SMARTS) is 1. The smallest absolute Gasteiger partial charge is 0.307 e. The molecule has 28 heavy (non-hydrogen) atoms. The predicted molar refractivity (Wildman–Crippen MR) is 113 cm³/mol. The molecule has 140 valence electrons. The van der Waals surface area contributed by atoms with Crippen LogP contribution in [0.15, 0.2) is 59.4 Å². The summed E-state index contributed by atoms with van der Waals surface area (Å²) in [7, 11) is 0. The van der Waals surface area contributed by atoms with Crippen molar-refractivity contribution in [2.24, 2.45) is 0 Å². The number of aliphatic carboxylic acids is 1. The van der Waals surface area contributed by atoms with E-state index in [4.69, 9.17) is 4.74 Å². The Balaban J connectivity index is 1.56. The highest BCUT2D eigenvalue weighted by Gasteiger charge is 2.12. The molecule has 0 atom stereocenters. The molecule has 0 fully saturated rings. The molecule has 0 saturated heterocycles. The van der Waals surface area contributed by atoms with Gasteiger partial charge in [-0.25, -0.2) is 9.97 Å². The van der Waals surface area contributed by atoms with E-state index in [0.29, 0.717) is 12.2 Å². The van der Waals surface area contributed by atoms with Crippen molar-refractivity contribution in [1.29, 1.82) is 0 Å². The summed E-state index contributed by atoms with van der Waals surface area (Å²) in [6, 6.07) is 15.4. The number of carboxylic acids is 1. The van der Waals surface area contributed by atoms with Crippen molar-refractivity contribution in [3.63, 3.8) is 0 Å². The largest absolute Gasteiger partial charge is 0.487 e. The lowest BCUT2D eigenvalue weighted by Crippen LogP contribution is -1.97. The summed E-state index contributed by atoms with van der Waals surface area (Å²) in [5.41, 5.74) is 5.14. The molecular formula is C21H16N2O3S2. The summed E-state index contributed by atoms with van der Waals surface area (Å²) < 4.78 is 6.76. The van der Waals surface area contributed by atoms with Gasteiger partial charge in [0, 0.05) is 5.38 Å². The molecule has 0 aliphatic heterocycles. The molecule has 4 aromatic rings. The molecule has 2 heterocycles. The predicted octanol–water partition coefficient (Wildman–Crippen LogP) is 5.35. The van der Waals surface area contributed by atoms with E-state index in [-0.39, 0.29) is 6.42 Å². The topological polar surface area (TPSA) is 72.3 Å². The van der Waals surface area contributed by atoms with Crippen LogP contribution in [0, 0.1) is 0 Å². The van der Waals surface area contributed by atoms with Gasteiger partial charge in [-0.05, 0) is 41.5 Å². The fourth-order valence-corrected chi connectivity index (χ4v) is 4.21. The molecule has 0 aliphatic rings. The molecule has 0 saturated carbocycles. The second-order valence-electron chi connectivity index (χ2n) is 6.06. The molecule has 0 radical (unpaired) electrons. The average Bonchev–Trinajstić information content (AvgIpc) is 3.36. The Bertz CT molecular complexity index is 1080. The van der Waals surface area contributed by atoms with E-state index in [1.807, 2.05) is 60.0 Å². The Kier molecular flexibility index (Phi) is 5.45. The second-order valence-corrected chi connectivity index (χ2v) is 7.81. The van der Waals surface area contributed by atoms with Crippen molar-refractivity contribution in [2.75, 3.05) is 0 Å². The van der Waals surface area contributed by atoms with Gasteiger partial charge in [0.2, 0.25) is 0 Å². The van der Waals surface area contributed by atoms with Gasteiger partial charge in [0.25, 0.3) is 0 Å². The lowest BCUT2D eigenvalue weighted by Gasteiger charge is -2.05. The first-order valence-electron chi connectivity index (χ1n) is 8.55. The lowest BCUT2D eigenvalue weighted by atomic mass is 10.1. The maximum Gasteiger partial charge on any atom is 0.307 e. The molecule has 0 bridgehead atoms. The minimum Gasteiger partial charge on any atom is -0.487 e.